The molecule has 0 fully saturated rings. The van der Waals surface area contributed by atoms with Gasteiger partial charge in [-0.2, -0.15) is 4.98 Å². The Bertz CT molecular complexity index is 596. The topological polar surface area (TPSA) is 85.1 Å². The number of halogens is 1. The van der Waals surface area contributed by atoms with Gasteiger partial charge in [0, 0.05) is 6.42 Å². The van der Waals surface area contributed by atoms with Crippen molar-refractivity contribution in [2.24, 2.45) is 5.84 Å². The molecule has 0 saturated carbocycles. The van der Waals surface area contributed by atoms with E-state index in [1.54, 1.807) is 0 Å². The molecule has 0 saturated heterocycles. The van der Waals surface area contributed by atoms with E-state index >= 15 is 0 Å². The van der Waals surface area contributed by atoms with Crippen LogP contribution in [-0.2, 0) is 6.42 Å². The van der Waals surface area contributed by atoms with Crippen molar-refractivity contribution in [3.63, 3.8) is 0 Å². The Balaban J connectivity index is 1.64. The average molecular weight is 292 g/mol. The van der Waals surface area contributed by atoms with Crippen molar-refractivity contribution in [3.8, 4) is 5.75 Å². The number of rotatable bonds is 4. The van der Waals surface area contributed by atoms with Gasteiger partial charge in [0.2, 0.25) is 5.95 Å². The number of nitrogens with one attached hydrogen (secondary N) is 2. The number of benzene rings is 1. The minimum Gasteiger partial charge on any atom is -0.488 e. The first-order valence-corrected chi connectivity index (χ1v) is 6.61. The molecule has 0 spiro atoms. The zero-order chi connectivity index (χ0) is 13.9. The highest BCUT2D eigenvalue weighted by molar-refractivity contribution is 6.32. The first kappa shape index (κ1) is 13.0. The van der Waals surface area contributed by atoms with Gasteiger partial charge in [0.05, 0.1) is 12.7 Å². The van der Waals surface area contributed by atoms with Crippen molar-refractivity contribution in [1.82, 2.24) is 9.97 Å². The number of aromatic nitrogens is 2. The van der Waals surface area contributed by atoms with Crippen molar-refractivity contribution >= 4 is 23.4 Å². The number of nitrogens with zero attached hydrogens (tertiary/aromatic N) is 2. The van der Waals surface area contributed by atoms with Crippen LogP contribution < -0.4 is 21.3 Å². The number of fused-ring (bicyclic) bond motifs is 1. The first-order chi connectivity index (χ1) is 9.76. The second-order valence-corrected chi connectivity index (χ2v) is 4.87. The zero-order valence-corrected chi connectivity index (χ0v) is 11.4. The fourth-order valence-electron chi connectivity index (χ4n) is 2.14. The minimum atomic E-state index is 0.0627. The molecule has 20 heavy (non-hydrogen) atoms. The third kappa shape index (κ3) is 2.61. The van der Waals surface area contributed by atoms with Crippen LogP contribution in [-0.4, -0.2) is 22.6 Å². The van der Waals surface area contributed by atoms with Gasteiger partial charge in [-0.05, 0) is 11.6 Å². The molecule has 1 aliphatic rings. The Morgan fingerprint density at radius 2 is 2.25 bits per heavy atom. The van der Waals surface area contributed by atoms with E-state index in [-0.39, 0.29) is 6.10 Å². The standard InChI is InChI=1S/C13H14ClN5O/c14-10-7-17-13(19-15)18-12(10)16-6-9-5-8-3-1-2-4-11(8)20-9/h1-4,7,9H,5-6,15H2,(H2,16,17,18,19). The molecule has 1 aromatic carbocycles. The number of nitrogens with two attached hydrogens (primary N) is 1. The van der Waals surface area contributed by atoms with Crippen molar-refractivity contribution in [3.05, 3.63) is 41.0 Å². The lowest BCUT2D eigenvalue weighted by Crippen LogP contribution is -2.24. The van der Waals surface area contributed by atoms with Gasteiger partial charge in [-0.1, -0.05) is 29.8 Å². The summed E-state index contributed by atoms with van der Waals surface area (Å²) in [6.07, 6.45) is 2.43. The average Bonchev–Trinajstić information content (AvgIpc) is 2.89. The molecule has 104 valence electrons. The predicted molar refractivity (Wildman–Crippen MR) is 77.9 cm³/mol. The molecule has 1 unspecified atom stereocenters. The SMILES string of the molecule is NNc1ncc(Cl)c(NCC2Cc3ccccc3O2)n1. The maximum absolute atomic E-state index is 6.03. The van der Waals surface area contributed by atoms with Crippen LogP contribution in [0, 0.1) is 0 Å². The van der Waals surface area contributed by atoms with E-state index in [9.17, 15) is 0 Å². The third-order valence-corrected chi connectivity index (χ3v) is 3.36. The number of hydrazine groups is 1. The Morgan fingerprint density at radius 3 is 3.05 bits per heavy atom. The lowest BCUT2D eigenvalue weighted by molar-refractivity contribution is 0.246. The molecule has 3 rings (SSSR count). The highest BCUT2D eigenvalue weighted by Gasteiger charge is 2.22. The van der Waals surface area contributed by atoms with Crippen LogP contribution in [0.3, 0.4) is 0 Å². The second-order valence-electron chi connectivity index (χ2n) is 4.47. The molecule has 1 atom stereocenters. The number of hydrogen-bond donors (Lipinski definition) is 3. The summed E-state index contributed by atoms with van der Waals surface area (Å²) < 4.78 is 5.84. The molecular formula is C13H14ClN5O. The van der Waals surface area contributed by atoms with E-state index in [0.717, 1.165) is 12.2 Å². The predicted octanol–water partition coefficient (Wildman–Crippen LogP) is 1.83. The molecule has 0 aliphatic carbocycles. The summed E-state index contributed by atoms with van der Waals surface area (Å²) in [4.78, 5) is 8.07. The van der Waals surface area contributed by atoms with Crippen LogP contribution in [0.4, 0.5) is 11.8 Å². The zero-order valence-electron chi connectivity index (χ0n) is 10.6. The molecule has 1 aliphatic heterocycles. The highest BCUT2D eigenvalue weighted by atomic mass is 35.5. The molecule has 2 aromatic rings. The smallest absolute Gasteiger partial charge is 0.239 e. The summed E-state index contributed by atoms with van der Waals surface area (Å²) in [6.45, 7) is 0.607. The van der Waals surface area contributed by atoms with Gasteiger partial charge in [0.15, 0.2) is 5.82 Å². The van der Waals surface area contributed by atoms with Gasteiger partial charge >= 0.3 is 0 Å². The highest BCUT2D eigenvalue weighted by Crippen LogP contribution is 2.28. The molecule has 0 amide bonds. The van der Waals surface area contributed by atoms with Crippen LogP contribution in [0.25, 0.3) is 0 Å². The normalized spacial score (nSPS) is 16.4. The van der Waals surface area contributed by atoms with E-state index in [1.807, 2.05) is 18.2 Å². The monoisotopic (exact) mass is 291 g/mol. The van der Waals surface area contributed by atoms with Gasteiger partial charge in [-0.25, -0.2) is 10.8 Å². The number of anilines is 2. The van der Waals surface area contributed by atoms with Gasteiger partial charge in [-0.15, -0.1) is 0 Å². The molecule has 0 bridgehead atoms. The maximum Gasteiger partial charge on any atom is 0.239 e. The van der Waals surface area contributed by atoms with E-state index in [2.05, 4.69) is 26.8 Å². The summed E-state index contributed by atoms with van der Waals surface area (Å²) in [5.41, 5.74) is 3.60. The summed E-state index contributed by atoms with van der Waals surface area (Å²) >= 11 is 6.03. The van der Waals surface area contributed by atoms with Crippen LogP contribution in [0.1, 0.15) is 5.56 Å². The van der Waals surface area contributed by atoms with E-state index < -0.39 is 0 Å². The van der Waals surface area contributed by atoms with Crippen molar-refractivity contribution in [2.75, 3.05) is 17.3 Å². The molecule has 4 N–H and O–H groups in total. The Kier molecular flexibility index (Phi) is 3.58. The second kappa shape index (κ2) is 5.52. The molecular weight excluding hydrogens is 278 g/mol. The van der Waals surface area contributed by atoms with E-state index in [1.165, 1.54) is 11.8 Å². The fourth-order valence-corrected chi connectivity index (χ4v) is 2.30. The van der Waals surface area contributed by atoms with Crippen LogP contribution in [0.15, 0.2) is 30.5 Å². The summed E-state index contributed by atoms with van der Waals surface area (Å²) in [5, 5.41) is 3.60. The van der Waals surface area contributed by atoms with Crippen LogP contribution in [0.5, 0.6) is 5.75 Å². The summed E-state index contributed by atoms with van der Waals surface area (Å²) in [6, 6.07) is 8.03. The Morgan fingerprint density at radius 1 is 1.40 bits per heavy atom. The molecule has 2 heterocycles. The molecule has 6 nitrogen and oxygen atoms in total. The van der Waals surface area contributed by atoms with Gasteiger partial charge in [0.25, 0.3) is 0 Å². The minimum absolute atomic E-state index is 0.0627. The molecule has 7 heteroatoms. The largest absolute Gasteiger partial charge is 0.488 e. The van der Waals surface area contributed by atoms with Crippen molar-refractivity contribution < 1.29 is 4.74 Å². The Hall–Kier alpha value is -2.05. The number of hydrogen-bond acceptors (Lipinski definition) is 6. The summed E-state index contributed by atoms with van der Waals surface area (Å²) in [5.74, 6) is 7.06. The number of ether oxygens (including phenoxy) is 1. The fraction of sp³-hybridized carbons (Fsp3) is 0.231. The molecule has 1 aromatic heterocycles. The number of para-hydroxylation sites is 1. The van der Waals surface area contributed by atoms with Crippen molar-refractivity contribution in [1.29, 1.82) is 0 Å². The Labute approximate surface area is 121 Å². The molecule has 0 radical (unpaired) electrons. The van der Waals surface area contributed by atoms with Gasteiger partial charge in [0.1, 0.15) is 16.9 Å². The maximum atomic E-state index is 6.03. The summed E-state index contributed by atoms with van der Waals surface area (Å²) in [7, 11) is 0. The number of nitrogen functional groups attached to an aromatic ring is 1. The van der Waals surface area contributed by atoms with E-state index in [4.69, 9.17) is 22.2 Å². The lowest BCUT2D eigenvalue weighted by atomic mass is 10.1. The van der Waals surface area contributed by atoms with Crippen molar-refractivity contribution in [2.45, 2.75) is 12.5 Å². The quantitative estimate of drug-likeness (QED) is 0.589. The van der Waals surface area contributed by atoms with E-state index in [0.29, 0.717) is 23.3 Å². The van der Waals surface area contributed by atoms with Crippen LogP contribution in [0.2, 0.25) is 5.02 Å². The lowest BCUT2D eigenvalue weighted by Gasteiger charge is -2.13. The van der Waals surface area contributed by atoms with Gasteiger partial charge < -0.3 is 10.1 Å². The van der Waals surface area contributed by atoms with Gasteiger partial charge in [-0.3, -0.25) is 5.43 Å². The van der Waals surface area contributed by atoms with Crippen LogP contribution >= 0.6 is 11.6 Å². The first-order valence-electron chi connectivity index (χ1n) is 6.24. The third-order valence-electron chi connectivity index (χ3n) is 3.08.